The molecule has 0 saturated carbocycles. The second-order valence-corrected chi connectivity index (χ2v) is 3.35. The lowest BCUT2D eigenvalue weighted by molar-refractivity contribution is 0.628. The highest BCUT2D eigenvalue weighted by Crippen LogP contribution is 2.15. The van der Waals surface area contributed by atoms with Crippen LogP contribution in [0.4, 0.5) is 10.1 Å². The zero-order valence-corrected chi connectivity index (χ0v) is 9.04. The third kappa shape index (κ3) is 2.96. The van der Waals surface area contributed by atoms with Gasteiger partial charge < -0.3 is 10.6 Å². The van der Waals surface area contributed by atoms with E-state index in [1.807, 2.05) is 13.8 Å². The van der Waals surface area contributed by atoms with E-state index in [9.17, 15) is 4.39 Å². The summed E-state index contributed by atoms with van der Waals surface area (Å²) >= 11 is 4.99. The monoisotopic (exact) mass is 212 g/mol. The van der Waals surface area contributed by atoms with Crippen molar-refractivity contribution in [3.05, 3.63) is 29.6 Å². The minimum absolute atomic E-state index is 0.266. The van der Waals surface area contributed by atoms with Crippen LogP contribution in [0.5, 0.6) is 0 Å². The minimum Gasteiger partial charge on any atom is -0.363 e. The van der Waals surface area contributed by atoms with E-state index in [4.69, 9.17) is 12.2 Å². The van der Waals surface area contributed by atoms with Crippen LogP contribution >= 0.6 is 12.2 Å². The van der Waals surface area contributed by atoms with Gasteiger partial charge in [-0.25, -0.2) is 4.39 Å². The first-order valence-electron chi connectivity index (χ1n) is 4.44. The highest BCUT2D eigenvalue weighted by molar-refractivity contribution is 7.80. The number of anilines is 1. The Bertz CT molecular complexity index is 339. The number of thiocarbonyl (C=S) groups is 1. The number of nitrogens with one attached hydrogen (secondary N) is 2. The summed E-state index contributed by atoms with van der Waals surface area (Å²) < 4.78 is 12.9. The summed E-state index contributed by atoms with van der Waals surface area (Å²) in [5.41, 5.74) is 1.67. The first kappa shape index (κ1) is 10.9. The van der Waals surface area contributed by atoms with Crippen LogP contribution in [-0.4, -0.2) is 11.7 Å². The topological polar surface area (TPSA) is 24.1 Å². The third-order valence-corrected chi connectivity index (χ3v) is 2.03. The van der Waals surface area contributed by atoms with E-state index < -0.39 is 0 Å². The lowest BCUT2D eigenvalue weighted by atomic mass is 10.2. The number of rotatable bonds is 2. The molecule has 0 radical (unpaired) electrons. The Morgan fingerprint density at radius 1 is 1.50 bits per heavy atom. The Balaban J connectivity index is 2.75. The van der Waals surface area contributed by atoms with E-state index in [-0.39, 0.29) is 5.82 Å². The largest absolute Gasteiger partial charge is 0.363 e. The van der Waals surface area contributed by atoms with Gasteiger partial charge in [0.1, 0.15) is 5.82 Å². The Labute approximate surface area is 88.5 Å². The fraction of sp³-hybridized carbons (Fsp3) is 0.300. The van der Waals surface area contributed by atoms with Crippen LogP contribution in [0.2, 0.25) is 0 Å². The zero-order valence-electron chi connectivity index (χ0n) is 8.23. The molecule has 0 atom stereocenters. The summed E-state index contributed by atoms with van der Waals surface area (Å²) in [7, 11) is 0. The predicted octanol–water partition coefficient (Wildman–Crippen LogP) is 2.44. The first-order valence-corrected chi connectivity index (χ1v) is 4.85. The SMILES string of the molecule is CCNC(=S)Nc1cc(F)ccc1C. The molecule has 0 saturated heterocycles. The third-order valence-electron chi connectivity index (χ3n) is 1.79. The van der Waals surface area contributed by atoms with Gasteiger partial charge in [0.2, 0.25) is 0 Å². The fourth-order valence-electron chi connectivity index (χ4n) is 1.06. The Hall–Kier alpha value is -1.16. The summed E-state index contributed by atoms with van der Waals surface area (Å²) in [5, 5.41) is 6.39. The van der Waals surface area contributed by atoms with Crippen molar-refractivity contribution >= 4 is 23.0 Å². The molecule has 14 heavy (non-hydrogen) atoms. The van der Waals surface area contributed by atoms with Crippen molar-refractivity contribution in [3.63, 3.8) is 0 Å². The van der Waals surface area contributed by atoms with Gasteiger partial charge in [-0.15, -0.1) is 0 Å². The van der Waals surface area contributed by atoms with Crippen molar-refractivity contribution < 1.29 is 4.39 Å². The molecule has 1 aromatic carbocycles. The molecular weight excluding hydrogens is 199 g/mol. The Morgan fingerprint density at radius 3 is 2.86 bits per heavy atom. The molecule has 0 aliphatic rings. The molecular formula is C10H13FN2S. The maximum Gasteiger partial charge on any atom is 0.170 e. The van der Waals surface area contributed by atoms with Crippen molar-refractivity contribution in [1.29, 1.82) is 0 Å². The van der Waals surface area contributed by atoms with Crippen molar-refractivity contribution in [3.8, 4) is 0 Å². The smallest absolute Gasteiger partial charge is 0.170 e. The molecule has 1 rings (SSSR count). The van der Waals surface area contributed by atoms with Crippen molar-refractivity contribution in [1.82, 2.24) is 5.32 Å². The number of aryl methyl sites for hydroxylation is 1. The number of halogens is 1. The molecule has 4 heteroatoms. The molecule has 0 amide bonds. The summed E-state index contributed by atoms with van der Waals surface area (Å²) in [6, 6.07) is 4.57. The Kier molecular flexibility index (Phi) is 3.83. The number of benzene rings is 1. The highest BCUT2D eigenvalue weighted by Gasteiger charge is 2.01. The van der Waals surface area contributed by atoms with Gasteiger partial charge in [0.25, 0.3) is 0 Å². The Morgan fingerprint density at radius 2 is 2.21 bits per heavy atom. The van der Waals surface area contributed by atoms with E-state index in [1.165, 1.54) is 12.1 Å². The molecule has 1 aromatic rings. The van der Waals surface area contributed by atoms with Gasteiger partial charge in [-0.3, -0.25) is 0 Å². The summed E-state index contributed by atoms with van der Waals surface area (Å²) in [6.45, 7) is 4.60. The van der Waals surface area contributed by atoms with Gasteiger partial charge in [0.05, 0.1) is 0 Å². The molecule has 0 unspecified atom stereocenters. The normalized spacial score (nSPS) is 9.64. The quantitative estimate of drug-likeness (QED) is 0.736. The van der Waals surface area contributed by atoms with E-state index in [1.54, 1.807) is 6.07 Å². The first-order chi connectivity index (χ1) is 6.63. The van der Waals surface area contributed by atoms with Gasteiger partial charge >= 0.3 is 0 Å². The lowest BCUT2D eigenvalue weighted by Gasteiger charge is -2.10. The standard InChI is InChI=1S/C10H13FN2S/c1-3-12-10(14)13-9-6-8(11)5-4-7(9)2/h4-6H,3H2,1-2H3,(H2,12,13,14). The molecule has 0 aromatic heterocycles. The second-order valence-electron chi connectivity index (χ2n) is 2.94. The maximum absolute atomic E-state index is 12.9. The van der Waals surface area contributed by atoms with Gasteiger partial charge in [-0.05, 0) is 43.8 Å². The van der Waals surface area contributed by atoms with Gasteiger partial charge in [0.15, 0.2) is 5.11 Å². The van der Waals surface area contributed by atoms with Crippen LogP contribution in [0, 0.1) is 12.7 Å². The summed E-state index contributed by atoms with van der Waals surface area (Å²) in [6.07, 6.45) is 0. The van der Waals surface area contributed by atoms with E-state index >= 15 is 0 Å². The molecule has 0 heterocycles. The predicted molar refractivity (Wildman–Crippen MR) is 61.0 cm³/mol. The molecule has 76 valence electrons. The van der Waals surface area contributed by atoms with E-state index in [0.29, 0.717) is 10.8 Å². The maximum atomic E-state index is 12.9. The summed E-state index contributed by atoms with van der Waals surface area (Å²) in [4.78, 5) is 0. The van der Waals surface area contributed by atoms with E-state index in [2.05, 4.69) is 10.6 Å². The van der Waals surface area contributed by atoms with Crippen LogP contribution in [0.15, 0.2) is 18.2 Å². The average Bonchev–Trinajstić information content (AvgIpc) is 2.12. The second kappa shape index (κ2) is 4.91. The zero-order chi connectivity index (χ0) is 10.6. The molecule has 2 nitrogen and oxygen atoms in total. The molecule has 0 aliphatic carbocycles. The van der Waals surface area contributed by atoms with Crippen LogP contribution in [0.3, 0.4) is 0 Å². The molecule has 2 N–H and O–H groups in total. The van der Waals surface area contributed by atoms with Crippen LogP contribution < -0.4 is 10.6 Å². The highest BCUT2D eigenvalue weighted by atomic mass is 32.1. The molecule has 0 spiro atoms. The van der Waals surface area contributed by atoms with Gasteiger partial charge in [-0.1, -0.05) is 6.07 Å². The summed E-state index contributed by atoms with van der Waals surface area (Å²) in [5.74, 6) is -0.266. The van der Waals surface area contributed by atoms with Gasteiger partial charge in [-0.2, -0.15) is 0 Å². The molecule has 0 bridgehead atoms. The number of hydrogen-bond donors (Lipinski definition) is 2. The average molecular weight is 212 g/mol. The van der Waals surface area contributed by atoms with Crippen LogP contribution in [0.25, 0.3) is 0 Å². The van der Waals surface area contributed by atoms with E-state index in [0.717, 1.165) is 12.1 Å². The van der Waals surface area contributed by atoms with Crippen molar-refractivity contribution in [2.45, 2.75) is 13.8 Å². The van der Waals surface area contributed by atoms with Gasteiger partial charge in [0, 0.05) is 12.2 Å². The van der Waals surface area contributed by atoms with Crippen molar-refractivity contribution in [2.75, 3.05) is 11.9 Å². The molecule has 0 fully saturated rings. The van der Waals surface area contributed by atoms with Crippen LogP contribution in [-0.2, 0) is 0 Å². The fourth-order valence-corrected chi connectivity index (χ4v) is 1.31. The molecule has 0 aliphatic heterocycles. The van der Waals surface area contributed by atoms with Crippen LogP contribution in [0.1, 0.15) is 12.5 Å². The lowest BCUT2D eigenvalue weighted by Crippen LogP contribution is -2.28. The minimum atomic E-state index is -0.266. The number of hydrogen-bond acceptors (Lipinski definition) is 1. The van der Waals surface area contributed by atoms with Crippen molar-refractivity contribution in [2.24, 2.45) is 0 Å².